The summed E-state index contributed by atoms with van der Waals surface area (Å²) >= 11 is 0. The van der Waals surface area contributed by atoms with Gasteiger partial charge >= 0.3 is 0 Å². The molecule has 1 fully saturated rings. The van der Waals surface area contributed by atoms with Gasteiger partial charge in [-0.3, -0.25) is 0 Å². The second kappa shape index (κ2) is 6.86. The number of nitrogens with zero attached hydrogens (tertiary/aromatic N) is 1. The minimum atomic E-state index is -0.0802. The molecule has 1 saturated heterocycles. The highest BCUT2D eigenvalue weighted by atomic mass is 19.1. The van der Waals surface area contributed by atoms with Crippen LogP contribution in [0.5, 0.6) is 0 Å². The molecule has 1 aromatic rings. The fourth-order valence-corrected chi connectivity index (χ4v) is 2.50. The molecular formula is C15H23FN2. The lowest BCUT2D eigenvalue weighted by molar-refractivity contribution is 0.315. The smallest absolute Gasteiger partial charge is 0.126 e. The monoisotopic (exact) mass is 250 g/mol. The zero-order chi connectivity index (χ0) is 12.8. The molecule has 1 aliphatic rings. The lowest BCUT2D eigenvalue weighted by atomic mass is 10.1. The van der Waals surface area contributed by atoms with Crippen LogP contribution in [0.4, 0.5) is 4.39 Å². The van der Waals surface area contributed by atoms with Gasteiger partial charge in [0.1, 0.15) is 5.82 Å². The molecule has 1 atom stereocenters. The van der Waals surface area contributed by atoms with Gasteiger partial charge in [-0.1, -0.05) is 18.2 Å². The third kappa shape index (κ3) is 4.07. The normalized spacial score (nSPS) is 19.6. The van der Waals surface area contributed by atoms with Crippen molar-refractivity contribution in [1.82, 2.24) is 10.2 Å². The Hall–Kier alpha value is -0.930. The summed E-state index contributed by atoms with van der Waals surface area (Å²) in [5.41, 5.74) is 0.823. The van der Waals surface area contributed by atoms with Gasteiger partial charge in [0.15, 0.2) is 0 Å². The van der Waals surface area contributed by atoms with Gasteiger partial charge in [0.2, 0.25) is 0 Å². The first-order chi connectivity index (χ1) is 8.75. The molecule has 18 heavy (non-hydrogen) atoms. The molecule has 3 heteroatoms. The van der Waals surface area contributed by atoms with Crippen LogP contribution in [0.25, 0.3) is 0 Å². The van der Waals surface area contributed by atoms with Crippen molar-refractivity contribution < 1.29 is 4.39 Å². The van der Waals surface area contributed by atoms with Gasteiger partial charge in [0.05, 0.1) is 0 Å². The summed E-state index contributed by atoms with van der Waals surface area (Å²) in [5, 5.41) is 3.51. The van der Waals surface area contributed by atoms with Crippen molar-refractivity contribution in [2.24, 2.45) is 0 Å². The summed E-state index contributed by atoms with van der Waals surface area (Å²) in [6.45, 7) is 3.18. The number of benzene rings is 1. The van der Waals surface area contributed by atoms with Crippen molar-refractivity contribution in [3.63, 3.8) is 0 Å². The van der Waals surface area contributed by atoms with E-state index in [-0.39, 0.29) is 5.82 Å². The Morgan fingerprint density at radius 2 is 2.17 bits per heavy atom. The maximum absolute atomic E-state index is 13.4. The van der Waals surface area contributed by atoms with Crippen LogP contribution in [-0.4, -0.2) is 37.6 Å². The van der Waals surface area contributed by atoms with Crippen molar-refractivity contribution in [2.45, 2.75) is 31.7 Å². The zero-order valence-electron chi connectivity index (χ0n) is 11.2. The molecule has 0 radical (unpaired) electrons. The molecule has 100 valence electrons. The van der Waals surface area contributed by atoms with Crippen molar-refractivity contribution in [1.29, 1.82) is 0 Å². The van der Waals surface area contributed by atoms with E-state index in [1.54, 1.807) is 6.07 Å². The second-order valence-corrected chi connectivity index (χ2v) is 5.23. The maximum Gasteiger partial charge on any atom is 0.126 e. The van der Waals surface area contributed by atoms with E-state index in [2.05, 4.69) is 17.3 Å². The van der Waals surface area contributed by atoms with Gasteiger partial charge in [-0.2, -0.15) is 0 Å². The van der Waals surface area contributed by atoms with Crippen molar-refractivity contribution >= 4 is 0 Å². The lowest BCUT2D eigenvalue weighted by Crippen LogP contribution is -2.29. The Labute approximate surface area is 109 Å². The molecule has 0 saturated carbocycles. The van der Waals surface area contributed by atoms with E-state index in [9.17, 15) is 4.39 Å². The number of likely N-dealkylation sites (N-methyl/N-ethyl adjacent to an activating group) is 1. The lowest BCUT2D eigenvalue weighted by Gasteiger charge is -2.19. The number of halogens is 1. The molecular weight excluding hydrogens is 227 g/mol. The Kier molecular flexibility index (Phi) is 5.14. The summed E-state index contributed by atoms with van der Waals surface area (Å²) in [5.74, 6) is -0.0802. The van der Waals surface area contributed by atoms with Gasteiger partial charge < -0.3 is 10.2 Å². The maximum atomic E-state index is 13.4. The Bertz CT molecular complexity index is 361. The average molecular weight is 250 g/mol. The van der Waals surface area contributed by atoms with Crippen LogP contribution >= 0.6 is 0 Å². The molecule has 0 amide bonds. The largest absolute Gasteiger partial charge is 0.314 e. The highest BCUT2D eigenvalue weighted by Crippen LogP contribution is 2.10. The third-order valence-corrected chi connectivity index (χ3v) is 3.74. The minimum absolute atomic E-state index is 0.0802. The predicted octanol–water partition coefficient (Wildman–Crippen LogP) is 2.44. The van der Waals surface area contributed by atoms with E-state index >= 15 is 0 Å². The second-order valence-electron chi connectivity index (χ2n) is 5.23. The van der Waals surface area contributed by atoms with Gasteiger partial charge in [-0.25, -0.2) is 4.39 Å². The van der Waals surface area contributed by atoms with Crippen LogP contribution < -0.4 is 5.32 Å². The van der Waals surface area contributed by atoms with Gasteiger partial charge in [-0.05, 0) is 57.5 Å². The molecule has 1 unspecified atom stereocenters. The number of nitrogens with one attached hydrogen (secondary N) is 1. The van der Waals surface area contributed by atoms with Crippen LogP contribution in [0.3, 0.4) is 0 Å². The summed E-state index contributed by atoms with van der Waals surface area (Å²) in [7, 11) is 2.12. The highest BCUT2D eigenvalue weighted by molar-refractivity contribution is 5.17. The Morgan fingerprint density at radius 1 is 1.33 bits per heavy atom. The number of hydrogen-bond acceptors (Lipinski definition) is 2. The molecule has 1 aliphatic heterocycles. The van der Waals surface area contributed by atoms with Crippen molar-refractivity contribution in [3.8, 4) is 0 Å². The first-order valence-electron chi connectivity index (χ1n) is 6.91. The summed E-state index contributed by atoms with van der Waals surface area (Å²) in [6, 6.07) is 7.76. The van der Waals surface area contributed by atoms with Crippen LogP contribution in [0, 0.1) is 5.82 Å². The first kappa shape index (κ1) is 13.5. The van der Waals surface area contributed by atoms with E-state index in [4.69, 9.17) is 0 Å². The SMILES string of the molecule is CN(CCc1ccccc1F)CCC1CCCN1. The first-order valence-corrected chi connectivity index (χ1v) is 6.91. The molecule has 0 aromatic heterocycles. The standard InChI is InChI=1S/C15H23FN2/c1-18(12-9-14-6-4-10-17-14)11-8-13-5-2-3-7-15(13)16/h2-3,5,7,14,17H,4,6,8-12H2,1H3. The van der Waals surface area contributed by atoms with Crippen molar-refractivity contribution in [3.05, 3.63) is 35.6 Å². The molecule has 2 nitrogen and oxygen atoms in total. The van der Waals surface area contributed by atoms with E-state index in [1.165, 1.54) is 31.9 Å². The van der Waals surface area contributed by atoms with Crippen LogP contribution in [0.1, 0.15) is 24.8 Å². The van der Waals surface area contributed by atoms with Crippen LogP contribution in [-0.2, 0) is 6.42 Å². The van der Waals surface area contributed by atoms with Crippen LogP contribution in [0.2, 0.25) is 0 Å². The van der Waals surface area contributed by atoms with Gasteiger partial charge in [0.25, 0.3) is 0 Å². The highest BCUT2D eigenvalue weighted by Gasteiger charge is 2.14. The van der Waals surface area contributed by atoms with Crippen LogP contribution in [0.15, 0.2) is 24.3 Å². The quantitative estimate of drug-likeness (QED) is 0.834. The molecule has 0 aliphatic carbocycles. The fourth-order valence-electron chi connectivity index (χ4n) is 2.50. The summed E-state index contributed by atoms with van der Waals surface area (Å²) in [6.07, 6.45) is 4.61. The number of hydrogen-bond donors (Lipinski definition) is 1. The van der Waals surface area contributed by atoms with Gasteiger partial charge in [0, 0.05) is 12.6 Å². The number of rotatable bonds is 6. The van der Waals surface area contributed by atoms with Gasteiger partial charge in [-0.15, -0.1) is 0 Å². The zero-order valence-corrected chi connectivity index (χ0v) is 11.2. The molecule has 1 N–H and O–H groups in total. The molecule has 1 aromatic carbocycles. The van der Waals surface area contributed by atoms with Crippen molar-refractivity contribution in [2.75, 3.05) is 26.7 Å². The molecule has 1 heterocycles. The minimum Gasteiger partial charge on any atom is -0.314 e. The topological polar surface area (TPSA) is 15.3 Å². The molecule has 0 bridgehead atoms. The summed E-state index contributed by atoms with van der Waals surface area (Å²) in [4.78, 5) is 2.30. The van der Waals surface area contributed by atoms with E-state index in [0.717, 1.165) is 25.1 Å². The third-order valence-electron chi connectivity index (χ3n) is 3.74. The fraction of sp³-hybridized carbons (Fsp3) is 0.600. The molecule has 0 spiro atoms. The average Bonchev–Trinajstić information content (AvgIpc) is 2.88. The predicted molar refractivity (Wildman–Crippen MR) is 73.2 cm³/mol. The Morgan fingerprint density at radius 3 is 2.89 bits per heavy atom. The van der Waals surface area contributed by atoms with E-state index in [0.29, 0.717) is 6.04 Å². The van der Waals surface area contributed by atoms with E-state index in [1.807, 2.05) is 12.1 Å². The summed E-state index contributed by atoms with van der Waals surface area (Å²) < 4.78 is 13.4. The Balaban J connectivity index is 1.68. The molecule has 2 rings (SSSR count). The van der Waals surface area contributed by atoms with E-state index < -0.39 is 0 Å².